The van der Waals surface area contributed by atoms with Gasteiger partial charge in [0.05, 0.1) is 27.5 Å². The van der Waals surface area contributed by atoms with Gasteiger partial charge in [0.25, 0.3) is 0 Å². The normalized spacial score (nSPS) is 10.4. The second kappa shape index (κ2) is 9.23. The average Bonchev–Trinajstić information content (AvgIpc) is 2.68. The van der Waals surface area contributed by atoms with Crippen LogP contribution in [0, 0.1) is 6.92 Å². The van der Waals surface area contributed by atoms with Gasteiger partial charge in [-0.05, 0) is 25.1 Å². The predicted octanol–water partition coefficient (Wildman–Crippen LogP) is 2.11. The lowest BCUT2D eigenvalue weighted by Gasteiger charge is -2.11. The van der Waals surface area contributed by atoms with Crippen LogP contribution in [-0.2, 0) is 9.59 Å². The minimum Gasteiger partial charge on any atom is -0.496 e. The highest BCUT2D eigenvalue weighted by atomic mass is 16.5. The standard InChI is InChI=1S/C19H21N3O5/c1-12-5-7-14(8-6-12)21-18(23)19(24)22-20-11-13-9-16(26-3)17(27-4)10-15(13)25-2/h5-11H,1-4H3,(H,21,23)(H,22,24). The lowest BCUT2D eigenvalue weighted by atomic mass is 10.2. The molecule has 0 radical (unpaired) electrons. The Labute approximate surface area is 157 Å². The highest BCUT2D eigenvalue weighted by Gasteiger charge is 2.14. The van der Waals surface area contributed by atoms with Crippen LogP contribution in [0.3, 0.4) is 0 Å². The molecule has 0 aliphatic heterocycles. The van der Waals surface area contributed by atoms with E-state index in [1.165, 1.54) is 27.5 Å². The number of amides is 2. The lowest BCUT2D eigenvalue weighted by molar-refractivity contribution is -0.136. The number of rotatable bonds is 6. The summed E-state index contributed by atoms with van der Waals surface area (Å²) in [5, 5.41) is 6.28. The monoisotopic (exact) mass is 371 g/mol. The molecule has 0 aromatic heterocycles. The fourth-order valence-corrected chi connectivity index (χ4v) is 2.19. The van der Waals surface area contributed by atoms with E-state index in [0.29, 0.717) is 28.5 Å². The Morgan fingerprint density at radius 3 is 2.07 bits per heavy atom. The first-order valence-corrected chi connectivity index (χ1v) is 7.99. The largest absolute Gasteiger partial charge is 0.496 e. The van der Waals surface area contributed by atoms with Crippen molar-refractivity contribution in [3.8, 4) is 17.2 Å². The summed E-state index contributed by atoms with van der Waals surface area (Å²) in [4.78, 5) is 23.8. The Balaban J connectivity index is 2.04. The molecule has 0 aliphatic carbocycles. The van der Waals surface area contributed by atoms with E-state index in [9.17, 15) is 9.59 Å². The van der Waals surface area contributed by atoms with Gasteiger partial charge in [0, 0.05) is 17.3 Å². The van der Waals surface area contributed by atoms with Crippen molar-refractivity contribution in [3.05, 3.63) is 47.5 Å². The molecule has 0 spiro atoms. The molecule has 0 unspecified atom stereocenters. The molecule has 2 aromatic carbocycles. The Bertz CT molecular complexity index is 847. The van der Waals surface area contributed by atoms with Crippen LogP contribution >= 0.6 is 0 Å². The molecule has 2 aromatic rings. The molecule has 0 atom stereocenters. The predicted molar refractivity (Wildman–Crippen MR) is 102 cm³/mol. The summed E-state index contributed by atoms with van der Waals surface area (Å²) in [6.45, 7) is 1.93. The molecule has 27 heavy (non-hydrogen) atoms. The van der Waals surface area contributed by atoms with Crippen molar-refractivity contribution in [3.63, 3.8) is 0 Å². The van der Waals surface area contributed by atoms with Gasteiger partial charge >= 0.3 is 11.8 Å². The molecule has 8 nitrogen and oxygen atoms in total. The smallest absolute Gasteiger partial charge is 0.329 e. The van der Waals surface area contributed by atoms with E-state index in [1.54, 1.807) is 24.3 Å². The van der Waals surface area contributed by atoms with E-state index in [1.807, 2.05) is 19.1 Å². The van der Waals surface area contributed by atoms with Crippen molar-refractivity contribution < 1.29 is 23.8 Å². The highest BCUT2D eigenvalue weighted by Crippen LogP contribution is 2.33. The number of nitrogens with zero attached hydrogens (tertiary/aromatic N) is 1. The van der Waals surface area contributed by atoms with E-state index in [-0.39, 0.29) is 0 Å². The van der Waals surface area contributed by atoms with Crippen LogP contribution in [-0.4, -0.2) is 39.4 Å². The zero-order valence-electron chi connectivity index (χ0n) is 15.5. The molecule has 2 N–H and O–H groups in total. The summed E-state index contributed by atoms with van der Waals surface area (Å²) in [6, 6.07) is 10.3. The van der Waals surface area contributed by atoms with Crippen LogP contribution in [0.5, 0.6) is 17.2 Å². The number of nitrogens with one attached hydrogen (secondary N) is 2. The number of carbonyl (C=O) groups excluding carboxylic acids is 2. The molecule has 8 heteroatoms. The van der Waals surface area contributed by atoms with Gasteiger partial charge in [-0.2, -0.15) is 5.10 Å². The maximum Gasteiger partial charge on any atom is 0.329 e. The van der Waals surface area contributed by atoms with Crippen molar-refractivity contribution >= 4 is 23.7 Å². The summed E-state index contributed by atoms with van der Waals surface area (Å²) in [5.74, 6) is -0.285. The third-order valence-electron chi connectivity index (χ3n) is 3.62. The van der Waals surface area contributed by atoms with Crippen LogP contribution in [0.1, 0.15) is 11.1 Å². The Morgan fingerprint density at radius 1 is 0.889 bits per heavy atom. The van der Waals surface area contributed by atoms with Gasteiger partial charge in [0.2, 0.25) is 0 Å². The third-order valence-corrected chi connectivity index (χ3v) is 3.62. The minimum absolute atomic E-state index is 0.467. The number of benzene rings is 2. The van der Waals surface area contributed by atoms with Crippen LogP contribution < -0.4 is 25.0 Å². The molecule has 0 bridgehead atoms. The number of carbonyl (C=O) groups is 2. The second-order valence-electron chi connectivity index (χ2n) is 5.47. The van der Waals surface area contributed by atoms with Gasteiger partial charge < -0.3 is 19.5 Å². The maximum absolute atomic E-state index is 11.9. The van der Waals surface area contributed by atoms with Gasteiger partial charge in [-0.15, -0.1) is 0 Å². The van der Waals surface area contributed by atoms with Crippen LogP contribution in [0.15, 0.2) is 41.5 Å². The molecule has 0 fully saturated rings. The number of hydrogen-bond donors (Lipinski definition) is 2. The molecule has 0 aliphatic rings. The zero-order valence-corrected chi connectivity index (χ0v) is 15.5. The fourth-order valence-electron chi connectivity index (χ4n) is 2.19. The zero-order chi connectivity index (χ0) is 19.8. The van der Waals surface area contributed by atoms with Crippen molar-refractivity contribution in [2.45, 2.75) is 6.92 Å². The Kier molecular flexibility index (Phi) is 6.76. The summed E-state index contributed by atoms with van der Waals surface area (Å²) in [5.41, 5.74) is 4.27. The van der Waals surface area contributed by atoms with Crippen LogP contribution in [0.2, 0.25) is 0 Å². The molecule has 2 amide bonds. The Morgan fingerprint density at radius 2 is 1.48 bits per heavy atom. The van der Waals surface area contributed by atoms with E-state index in [0.717, 1.165) is 5.56 Å². The van der Waals surface area contributed by atoms with Crippen molar-refractivity contribution in [2.75, 3.05) is 26.6 Å². The summed E-state index contributed by atoms with van der Waals surface area (Å²) in [7, 11) is 4.51. The number of methoxy groups -OCH3 is 3. The number of aryl methyl sites for hydroxylation is 1. The maximum atomic E-state index is 11.9. The molecule has 0 saturated carbocycles. The van der Waals surface area contributed by atoms with Gasteiger partial charge in [-0.25, -0.2) is 5.43 Å². The topological polar surface area (TPSA) is 98.2 Å². The quantitative estimate of drug-likeness (QED) is 0.460. The molecule has 0 saturated heterocycles. The number of anilines is 1. The van der Waals surface area contributed by atoms with Crippen molar-refractivity contribution in [1.82, 2.24) is 5.43 Å². The molecule has 0 heterocycles. The molecule has 142 valence electrons. The molecular weight excluding hydrogens is 350 g/mol. The Hall–Kier alpha value is -3.55. The summed E-state index contributed by atoms with van der Waals surface area (Å²) in [6.07, 6.45) is 1.35. The van der Waals surface area contributed by atoms with E-state index in [4.69, 9.17) is 14.2 Å². The second-order valence-corrected chi connectivity index (χ2v) is 5.47. The number of hydrogen-bond acceptors (Lipinski definition) is 6. The minimum atomic E-state index is -0.897. The third kappa shape index (κ3) is 5.21. The first kappa shape index (κ1) is 19.8. The number of hydrazone groups is 1. The highest BCUT2D eigenvalue weighted by molar-refractivity contribution is 6.39. The van der Waals surface area contributed by atoms with E-state index < -0.39 is 11.8 Å². The average molecular weight is 371 g/mol. The van der Waals surface area contributed by atoms with Gasteiger partial charge in [-0.1, -0.05) is 17.7 Å². The summed E-state index contributed by atoms with van der Waals surface area (Å²) < 4.78 is 15.7. The molecule has 2 rings (SSSR count). The van der Waals surface area contributed by atoms with Crippen LogP contribution in [0.4, 0.5) is 5.69 Å². The lowest BCUT2D eigenvalue weighted by Crippen LogP contribution is -2.32. The molecular formula is C19H21N3O5. The van der Waals surface area contributed by atoms with Crippen LogP contribution in [0.25, 0.3) is 0 Å². The van der Waals surface area contributed by atoms with Crippen molar-refractivity contribution in [2.24, 2.45) is 5.10 Å². The summed E-state index contributed by atoms with van der Waals surface area (Å²) >= 11 is 0. The SMILES string of the molecule is COc1cc(OC)c(OC)cc1C=NNC(=O)C(=O)Nc1ccc(C)cc1. The fraction of sp³-hybridized carbons (Fsp3) is 0.211. The van der Waals surface area contributed by atoms with Gasteiger partial charge in [-0.3, -0.25) is 9.59 Å². The van der Waals surface area contributed by atoms with Crippen molar-refractivity contribution in [1.29, 1.82) is 0 Å². The first-order valence-electron chi connectivity index (χ1n) is 7.99. The van der Waals surface area contributed by atoms with Gasteiger partial charge in [0.15, 0.2) is 11.5 Å². The van der Waals surface area contributed by atoms with E-state index in [2.05, 4.69) is 15.8 Å². The van der Waals surface area contributed by atoms with E-state index >= 15 is 0 Å². The first-order chi connectivity index (χ1) is 13.0. The number of ether oxygens (including phenoxy) is 3. The van der Waals surface area contributed by atoms with Gasteiger partial charge in [0.1, 0.15) is 5.75 Å².